The number of nitrogens with one attached hydrogen (secondary N) is 2. The maximum Gasteiger partial charge on any atom is 0.315 e. The molecular weight excluding hydrogens is 320 g/mol. The second-order valence-corrected chi connectivity index (χ2v) is 8.67. The lowest BCUT2D eigenvalue weighted by Gasteiger charge is -2.45. The first-order valence-corrected chi connectivity index (χ1v) is 9.66. The molecule has 3 fully saturated rings. The minimum atomic E-state index is -0.0612. The van der Waals surface area contributed by atoms with Crippen LogP contribution in [0.2, 0.25) is 0 Å². The summed E-state index contributed by atoms with van der Waals surface area (Å²) in [5, 5.41) is 7.36. The van der Waals surface area contributed by atoms with E-state index >= 15 is 0 Å². The molecule has 2 saturated carbocycles. The molecule has 1 aromatic carbocycles. The average Bonchev–Trinajstić information content (AvgIpc) is 2.97. The van der Waals surface area contributed by atoms with Crippen LogP contribution in [-0.2, 0) is 11.3 Å². The van der Waals surface area contributed by atoms with E-state index in [0.29, 0.717) is 12.5 Å². The van der Waals surface area contributed by atoms with E-state index in [9.17, 15) is 4.79 Å². The number of urea groups is 1. The van der Waals surface area contributed by atoms with Crippen LogP contribution in [0.5, 0.6) is 0 Å². The number of hydrogen-bond donors (Lipinski definition) is 2. The summed E-state index contributed by atoms with van der Waals surface area (Å²) in [6.45, 7) is 2.24. The van der Waals surface area contributed by atoms with Gasteiger partial charge in [-0.25, -0.2) is 4.79 Å². The number of carbonyl (C=O) groups excluding carboxylic acids is 1. The van der Waals surface area contributed by atoms with E-state index in [1.54, 1.807) is 11.3 Å². The van der Waals surface area contributed by atoms with Gasteiger partial charge in [0, 0.05) is 21.5 Å². The number of benzene rings is 1. The van der Waals surface area contributed by atoms with Crippen LogP contribution in [0.4, 0.5) is 4.79 Å². The van der Waals surface area contributed by atoms with E-state index < -0.39 is 0 Å². The second kappa shape index (κ2) is 5.20. The quantitative estimate of drug-likeness (QED) is 0.891. The Balaban J connectivity index is 1.17. The first kappa shape index (κ1) is 14.7. The lowest BCUT2D eigenvalue weighted by atomic mass is 9.68. The summed E-state index contributed by atoms with van der Waals surface area (Å²) in [7, 11) is 0. The van der Waals surface area contributed by atoms with Gasteiger partial charge in [-0.3, -0.25) is 0 Å². The fraction of sp³-hybridized carbons (Fsp3) is 0.526. The topological polar surface area (TPSA) is 50.4 Å². The van der Waals surface area contributed by atoms with Gasteiger partial charge in [-0.1, -0.05) is 18.2 Å². The summed E-state index contributed by atoms with van der Waals surface area (Å²) in [6.07, 6.45) is 4.85. The SMILES string of the molecule is O=C(NCc1cc2ccccc2s1)NC[C@]12C[C@H]1COC21CCC1. The van der Waals surface area contributed by atoms with Crippen LogP contribution in [0.1, 0.15) is 30.6 Å². The molecule has 3 aliphatic rings. The Morgan fingerprint density at radius 2 is 2.17 bits per heavy atom. The average molecular weight is 342 g/mol. The molecule has 24 heavy (non-hydrogen) atoms. The fourth-order valence-electron chi connectivity index (χ4n) is 4.67. The summed E-state index contributed by atoms with van der Waals surface area (Å²) in [5.41, 5.74) is 0.330. The molecule has 0 unspecified atom stereocenters. The zero-order valence-electron chi connectivity index (χ0n) is 13.6. The molecule has 0 radical (unpaired) electrons. The van der Waals surface area contributed by atoms with E-state index in [1.165, 1.54) is 40.6 Å². The third-order valence-electron chi connectivity index (χ3n) is 6.33. The molecule has 126 valence electrons. The van der Waals surface area contributed by atoms with Crippen molar-refractivity contribution in [3.05, 3.63) is 35.2 Å². The maximum absolute atomic E-state index is 12.2. The highest BCUT2D eigenvalue weighted by Gasteiger charge is 2.73. The molecule has 5 rings (SSSR count). The highest BCUT2D eigenvalue weighted by Crippen LogP contribution is 2.70. The van der Waals surface area contributed by atoms with Crippen molar-refractivity contribution in [3.8, 4) is 0 Å². The maximum atomic E-state index is 12.2. The monoisotopic (exact) mass is 342 g/mol. The third-order valence-corrected chi connectivity index (χ3v) is 7.44. The number of thiophene rings is 1. The van der Waals surface area contributed by atoms with Crippen molar-refractivity contribution < 1.29 is 9.53 Å². The number of rotatable bonds is 4. The molecule has 1 saturated heterocycles. The van der Waals surface area contributed by atoms with Gasteiger partial charge >= 0.3 is 6.03 Å². The highest BCUT2D eigenvalue weighted by molar-refractivity contribution is 7.19. The van der Waals surface area contributed by atoms with Gasteiger partial charge in [-0.2, -0.15) is 0 Å². The molecule has 0 bridgehead atoms. The Labute approximate surface area is 145 Å². The summed E-state index contributed by atoms with van der Waals surface area (Å²) in [5.74, 6) is 0.667. The summed E-state index contributed by atoms with van der Waals surface area (Å²) < 4.78 is 7.34. The predicted octanol–water partition coefficient (Wildman–Crippen LogP) is 3.66. The van der Waals surface area contributed by atoms with E-state index in [0.717, 1.165) is 13.2 Å². The second-order valence-electron chi connectivity index (χ2n) is 7.50. The normalized spacial score (nSPS) is 29.2. The zero-order chi connectivity index (χ0) is 16.2. The van der Waals surface area contributed by atoms with Crippen LogP contribution in [0.15, 0.2) is 30.3 Å². The summed E-state index contributed by atoms with van der Waals surface area (Å²) in [6, 6.07) is 10.4. The molecule has 1 aromatic heterocycles. The van der Waals surface area contributed by atoms with Gasteiger partial charge < -0.3 is 15.4 Å². The Morgan fingerprint density at radius 3 is 2.92 bits per heavy atom. The number of fused-ring (bicyclic) bond motifs is 3. The lowest BCUT2D eigenvalue weighted by molar-refractivity contribution is -0.109. The van der Waals surface area contributed by atoms with Gasteiger partial charge in [-0.15, -0.1) is 11.3 Å². The largest absolute Gasteiger partial charge is 0.374 e. The van der Waals surface area contributed by atoms with Crippen molar-refractivity contribution in [1.82, 2.24) is 10.6 Å². The van der Waals surface area contributed by atoms with Gasteiger partial charge in [0.1, 0.15) is 0 Å². The highest BCUT2D eigenvalue weighted by atomic mass is 32.1. The lowest BCUT2D eigenvalue weighted by Crippen LogP contribution is -2.51. The Hall–Kier alpha value is -1.59. The molecule has 2 aromatic rings. The predicted molar refractivity (Wildman–Crippen MR) is 95.1 cm³/mol. The van der Waals surface area contributed by atoms with Crippen molar-refractivity contribution in [2.24, 2.45) is 11.3 Å². The smallest absolute Gasteiger partial charge is 0.315 e. The van der Waals surface area contributed by atoms with Gasteiger partial charge in [0.2, 0.25) is 0 Å². The van der Waals surface area contributed by atoms with Gasteiger partial charge in [0.05, 0.1) is 18.8 Å². The van der Waals surface area contributed by atoms with E-state index in [2.05, 4.69) is 28.8 Å². The summed E-state index contributed by atoms with van der Waals surface area (Å²) >= 11 is 1.74. The minimum Gasteiger partial charge on any atom is -0.374 e. The van der Waals surface area contributed by atoms with Crippen LogP contribution >= 0.6 is 11.3 Å². The molecule has 4 nitrogen and oxygen atoms in total. The number of ether oxygens (including phenoxy) is 1. The molecule has 1 aliphatic heterocycles. The Morgan fingerprint density at radius 1 is 1.29 bits per heavy atom. The zero-order valence-corrected chi connectivity index (χ0v) is 14.5. The Bertz CT molecular complexity index is 765. The molecule has 2 amide bonds. The van der Waals surface area contributed by atoms with Crippen LogP contribution in [0, 0.1) is 11.3 Å². The molecule has 2 N–H and O–H groups in total. The van der Waals surface area contributed by atoms with E-state index in [4.69, 9.17) is 4.74 Å². The molecule has 1 spiro atoms. The van der Waals surface area contributed by atoms with Crippen molar-refractivity contribution in [2.75, 3.05) is 13.2 Å². The minimum absolute atomic E-state index is 0.0612. The van der Waals surface area contributed by atoms with Gasteiger partial charge in [-0.05, 0) is 49.1 Å². The number of amides is 2. The molecular formula is C19H22N2O2S. The number of carbonyl (C=O) groups is 1. The molecule has 2 heterocycles. The number of hydrogen-bond acceptors (Lipinski definition) is 3. The van der Waals surface area contributed by atoms with Crippen molar-refractivity contribution in [1.29, 1.82) is 0 Å². The van der Waals surface area contributed by atoms with Crippen molar-refractivity contribution in [3.63, 3.8) is 0 Å². The van der Waals surface area contributed by atoms with Crippen LogP contribution in [0.3, 0.4) is 0 Å². The third kappa shape index (κ3) is 2.11. The molecule has 2 aliphatic carbocycles. The van der Waals surface area contributed by atoms with Crippen molar-refractivity contribution >= 4 is 27.5 Å². The van der Waals surface area contributed by atoms with Crippen LogP contribution in [-0.4, -0.2) is 24.8 Å². The van der Waals surface area contributed by atoms with Crippen LogP contribution in [0.25, 0.3) is 10.1 Å². The first-order valence-electron chi connectivity index (χ1n) is 8.84. The fourth-order valence-corrected chi connectivity index (χ4v) is 5.67. The standard InChI is InChI=1S/C19H22N2O2S/c22-17(20-10-15-8-13-4-1-2-5-16(13)24-15)21-12-18-9-14(18)11-23-19(18)6-3-7-19/h1-2,4-5,8,14H,3,6-7,9-12H2,(H2,20,21,22)/t14-,18+/m0/s1. The van der Waals surface area contributed by atoms with E-state index in [1.807, 2.05) is 12.1 Å². The van der Waals surface area contributed by atoms with Gasteiger partial charge in [0.25, 0.3) is 0 Å². The van der Waals surface area contributed by atoms with Gasteiger partial charge in [0.15, 0.2) is 0 Å². The Kier molecular flexibility index (Phi) is 3.19. The first-order chi connectivity index (χ1) is 11.7. The molecule has 2 atom stereocenters. The van der Waals surface area contributed by atoms with Crippen molar-refractivity contribution in [2.45, 2.75) is 37.8 Å². The summed E-state index contributed by atoms with van der Waals surface area (Å²) in [4.78, 5) is 13.4. The van der Waals surface area contributed by atoms with Crippen LogP contribution < -0.4 is 10.6 Å². The van der Waals surface area contributed by atoms with E-state index in [-0.39, 0.29) is 17.0 Å². The molecule has 5 heteroatoms.